The van der Waals surface area contributed by atoms with E-state index in [0.29, 0.717) is 17.7 Å². The maximum atomic E-state index is 5.54. The smallest absolute Gasteiger partial charge is 0.231 e. The van der Waals surface area contributed by atoms with Crippen LogP contribution in [0.3, 0.4) is 0 Å². The zero-order chi connectivity index (χ0) is 23.5. The van der Waals surface area contributed by atoms with Gasteiger partial charge in [0.25, 0.3) is 0 Å². The first kappa shape index (κ1) is 22.6. The van der Waals surface area contributed by atoms with Crippen molar-refractivity contribution in [2.45, 2.75) is 38.3 Å². The molecule has 2 N–H and O–H groups in total. The second-order valence-electron chi connectivity index (χ2n) is 9.46. The third-order valence-electron chi connectivity index (χ3n) is 6.86. The molecule has 180 valence electrons. The highest BCUT2D eigenvalue weighted by molar-refractivity contribution is 5.93. The third-order valence-corrected chi connectivity index (χ3v) is 6.86. The van der Waals surface area contributed by atoms with Crippen LogP contribution in [0.25, 0.3) is 10.9 Å². The fraction of sp³-hybridized carbons (Fsp3) is 0.444. The summed E-state index contributed by atoms with van der Waals surface area (Å²) in [5, 5.41) is 8.53. The molecule has 2 aromatic carbocycles. The average molecular weight is 463 g/mol. The van der Waals surface area contributed by atoms with Gasteiger partial charge >= 0.3 is 0 Å². The number of fused-ring (bicyclic) bond motifs is 2. The number of hydrogen-bond acceptors (Lipinski definition) is 7. The fourth-order valence-electron chi connectivity index (χ4n) is 5.03. The van der Waals surface area contributed by atoms with Gasteiger partial charge in [0.2, 0.25) is 12.5 Å². The predicted molar refractivity (Wildman–Crippen MR) is 136 cm³/mol. The Morgan fingerprint density at radius 1 is 1.06 bits per heavy atom. The Labute approximate surface area is 201 Å². The molecule has 3 aromatic rings. The minimum absolute atomic E-state index is 0.255. The van der Waals surface area contributed by atoms with Gasteiger partial charge in [0.1, 0.15) is 5.82 Å². The van der Waals surface area contributed by atoms with Crippen molar-refractivity contribution < 1.29 is 14.2 Å². The maximum Gasteiger partial charge on any atom is 0.231 e. The standard InChI is InChI=1S/C27H34N4O3/c1-31(2)23-14-26(30-22-7-5-4-6-21(22)23)29-20-10-8-18(9-11-20)15-28-16-19-12-24(32-3)27-25(13-19)33-17-34-27/h4-7,12-14,18,20,28H,8-11,15-17H2,1-3H3,(H,29,30)/t18-,20+. The Morgan fingerprint density at radius 3 is 2.68 bits per heavy atom. The Morgan fingerprint density at radius 2 is 1.88 bits per heavy atom. The molecule has 1 aromatic heterocycles. The van der Waals surface area contributed by atoms with Crippen molar-refractivity contribution in [3.05, 3.63) is 48.0 Å². The van der Waals surface area contributed by atoms with Crippen LogP contribution in [0.15, 0.2) is 42.5 Å². The van der Waals surface area contributed by atoms with Crippen LogP contribution in [0.1, 0.15) is 31.2 Å². The van der Waals surface area contributed by atoms with E-state index >= 15 is 0 Å². The van der Waals surface area contributed by atoms with Crippen molar-refractivity contribution in [1.29, 1.82) is 0 Å². The van der Waals surface area contributed by atoms with Gasteiger partial charge in [-0.2, -0.15) is 0 Å². The minimum atomic E-state index is 0.255. The lowest BCUT2D eigenvalue weighted by atomic mass is 9.86. The maximum absolute atomic E-state index is 5.54. The van der Waals surface area contributed by atoms with Crippen molar-refractivity contribution in [3.8, 4) is 17.2 Å². The first-order valence-corrected chi connectivity index (χ1v) is 12.1. The summed E-state index contributed by atoms with van der Waals surface area (Å²) in [6, 6.07) is 15.1. The van der Waals surface area contributed by atoms with Gasteiger partial charge in [-0.15, -0.1) is 0 Å². The average Bonchev–Trinajstić information content (AvgIpc) is 3.33. The van der Waals surface area contributed by atoms with E-state index in [1.165, 1.54) is 23.9 Å². The van der Waals surface area contributed by atoms with E-state index in [0.717, 1.165) is 54.3 Å². The lowest BCUT2D eigenvalue weighted by Gasteiger charge is -2.30. The molecule has 0 spiro atoms. The highest BCUT2D eigenvalue weighted by Gasteiger charge is 2.23. The number of methoxy groups -OCH3 is 1. The number of ether oxygens (including phenoxy) is 3. The number of anilines is 2. The Kier molecular flexibility index (Phi) is 6.63. The third kappa shape index (κ3) is 4.85. The monoisotopic (exact) mass is 462 g/mol. The number of rotatable bonds is 8. The van der Waals surface area contributed by atoms with Gasteiger partial charge < -0.3 is 29.7 Å². The Bertz CT molecular complexity index is 1140. The van der Waals surface area contributed by atoms with E-state index in [2.05, 4.69) is 60.0 Å². The molecule has 2 aliphatic rings. The Balaban J connectivity index is 1.13. The number of nitrogens with one attached hydrogen (secondary N) is 2. The van der Waals surface area contributed by atoms with Crippen molar-refractivity contribution in [3.63, 3.8) is 0 Å². The van der Waals surface area contributed by atoms with Crippen LogP contribution >= 0.6 is 0 Å². The van der Waals surface area contributed by atoms with Crippen LogP contribution < -0.4 is 29.7 Å². The lowest BCUT2D eigenvalue weighted by Crippen LogP contribution is -2.31. The number of aromatic nitrogens is 1. The molecule has 0 atom stereocenters. The van der Waals surface area contributed by atoms with E-state index < -0.39 is 0 Å². The summed E-state index contributed by atoms with van der Waals surface area (Å²) in [6.45, 7) is 2.06. The number of para-hydroxylation sites is 1. The zero-order valence-corrected chi connectivity index (χ0v) is 20.3. The quantitative estimate of drug-likeness (QED) is 0.498. The minimum Gasteiger partial charge on any atom is -0.493 e. The molecule has 1 aliphatic heterocycles. The van der Waals surface area contributed by atoms with Gasteiger partial charge in [0, 0.05) is 43.8 Å². The molecule has 7 nitrogen and oxygen atoms in total. The summed E-state index contributed by atoms with van der Waals surface area (Å²) in [4.78, 5) is 7.03. The highest BCUT2D eigenvalue weighted by Crippen LogP contribution is 2.41. The largest absolute Gasteiger partial charge is 0.493 e. The second kappa shape index (κ2) is 9.97. The molecule has 1 saturated carbocycles. The van der Waals surface area contributed by atoms with Gasteiger partial charge in [-0.3, -0.25) is 0 Å². The van der Waals surface area contributed by atoms with Gasteiger partial charge in [0.05, 0.1) is 12.6 Å². The molecule has 0 radical (unpaired) electrons. The summed E-state index contributed by atoms with van der Waals surface area (Å²) in [5.74, 6) is 3.87. The first-order valence-electron chi connectivity index (χ1n) is 12.1. The van der Waals surface area contributed by atoms with E-state index in [1.807, 2.05) is 12.1 Å². The number of nitrogens with zero attached hydrogens (tertiary/aromatic N) is 2. The Hall–Kier alpha value is -3.19. The zero-order valence-electron chi connectivity index (χ0n) is 20.3. The van der Waals surface area contributed by atoms with Crippen LogP contribution in [0.4, 0.5) is 11.5 Å². The summed E-state index contributed by atoms with van der Waals surface area (Å²) < 4.78 is 16.5. The van der Waals surface area contributed by atoms with Crippen molar-refractivity contribution in [2.75, 3.05) is 44.8 Å². The van der Waals surface area contributed by atoms with E-state index in [-0.39, 0.29) is 6.79 Å². The van der Waals surface area contributed by atoms with Crippen LogP contribution in [-0.4, -0.2) is 45.6 Å². The number of pyridine rings is 1. The van der Waals surface area contributed by atoms with Crippen molar-refractivity contribution in [1.82, 2.24) is 10.3 Å². The lowest BCUT2D eigenvalue weighted by molar-refractivity contribution is 0.171. The molecule has 34 heavy (non-hydrogen) atoms. The molecule has 7 heteroatoms. The van der Waals surface area contributed by atoms with Gasteiger partial charge in [-0.1, -0.05) is 18.2 Å². The van der Waals surface area contributed by atoms with Gasteiger partial charge in [0.15, 0.2) is 11.5 Å². The summed E-state index contributed by atoms with van der Waals surface area (Å²) in [6.07, 6.45) is 4.75. The van der Waals surface area contributed by atoms with Crippen LogP contribution in [0.5, 0.6) is 17.2 Å². The highest BCUT2D eigenvalue weighted by atomic mass is 16.7. The van der Waals surface area contributed by atoms with Crippen LogP contribution in [0, 0.1) is 5.92 Å². The predicted octanol–water partition coefficient (Wildman–Crippen LogP) is 4.80. The molecule has 0 saturated heterocycles. The fourth-order valence-corrected chi connectivity index (χ4v) is 5.03. The summed E-state index contributed by atoms with van der Waals surface area (Å²) >= 11 is 0. The first-order chi connectivity index (χ1) is 16.6. The molecule has 1 aliphatic carbocycles. The molecule has 5 rings (SSSR count). The number of hydrogen-bond donors (Lipinski definition) is 2. The van der Waals surface area contributed by atoms with Crippen LogP contribution in [0.2, 0.25) is 0 Å². The molecule has 2 heterocycles. The topological polar surface area (TPSA) is 67.9 Å². The van der Waals surface area contributed by atoms with E-state index in [1.54, 1.807) is 7.11 Å². The second-order valence-corrected chi connectivity index (χ2v) is 9.46. The normalized spacial score (nSPS) is 19.3. The molecule has 0 amide bonds. The molecule has 0 bridgehead atoms. The molecular weight excluding hydrogens is 428 g/mol. The van der Waals surface area contributed by atoms with Gasteiger partial charge in [-0.25, -0.2) is 4.98 Å². The number of benzene rings is 2. The van der Waals surface area contributed by atoms with Crippen molar-refractivity contribution >= 4 is 22.4 Å². The van der Waals surface area contributed by atoms with Crippen molar-refractivity contribution in [2.24, 2.45) is 5.92 Å². The summed E-state index contributed by atoms with van der Waals surface area (Å²) in [5.41, 5.74) is 3.39. The molecule has 1 fully saturated rings. The van der Waals surface area contributed by atoms with Gasteiger partial charge in [-0.05, 0) is 61.9 Å². The molecular formula is C27H34N4O3. The SMILES string of the molecule is COc1cc(CNC[C@H]2CC[C@@H](Nc3cc(N(C)C)c4ccccc4n3)CC2)cc2c1OCO2. The molecule has 0 unspecified atom stereocenters. The van der Waals surface area contributed by atoms with E-state index in [4.69, 9.17) is 19.2 Å². The van der Waals surface area contributed by atoms with Crippen LogP contribution in [-0.2, 0) is 6.54 Å². The van der Waals surface area contributed by atoms with E-state index in [9.17, 15) is 0 Å². The summed E-state index contributed by atoms with van der Waals surface area (Å²) in [7, 11) is 5.84.